The lowest BCUT2D eigenvalue weighted by Gasteiger charge is -2.32. The molecule has 2 aromatic carbocycles. The molecular formula is C24H34Cl3N5O2. The smallest absolute Gasteiger partial charge is 0.256 e. The maximum Gasteiger partial charge on any atom is 0.256 e. The van der Waals surface area contributed by atoms with E-state index in [2.05, 4.69) is 22.8 Å². The third kappa shape index (κ3) is 8.03. The van der Waals surface area contributed by atoms with Crippen LogP contribution in [0, 0.1) is 6.92 Å². The Kier molecular flexibility index (Phi) is 12.7. The van der Waals surface area contributed by atoms with Gasteiger partial charge in [-0.25, -0.2) is 5.01 Å². The molecule has 3 rings (SSSR count). The lowest BCUT2D eigenvalue weighted by Crippen LogP contribution is -2.48. The summed E-state index contributed by atoms with van der Waals surface area (Å²) in [6.45, 7) is 7.60. The van der Waals surface area contributed by atoms with Gasteiger partial charge >= 0.3 is 0 Å². The zero-order valence-electron chi connectivity index (χ0n) is 19.8. The third-order valence-electron chi connectivity index (χ3n) is 5.66. The Morgan fingerprint density at radius 1 is 1.03 bits per heavy atom. The molecule has 0 saturated carbocycles. The van der Waals surface area contributed by atoms with Crippen molar-refractivity contribution in [1.29, 1.82) is 0 Å². The molecule has 0 fully saturated rings. The molecule has 2 aromatic rings. The van der Waals surface area contributed by atoms with Crippen molar-refractivity contribution in [2.24, 2.45) is 0 Å². The lowest BCUT2D eigenvalue weighted by molar-refractivity contribution is -0.145. The third-order valence-corrected chi connectivity index (χ3v) is 5.89. The molecule has 34 heavy (non-hydrogen) atoms. The molecule has 1 aliphatic heterocycles. The predicted octanol–water partition coefficient (Wildman–Crippen LogP) is 3.41. The second kappa shape index (κ2) is 14.4. The Balaban J connectivity index is 0.00000289. The van der Waals surface area contributed by atoms with Crippen LogP contribution in [0.15, 0.2) is 42.5 Å². The summed E-state index contributed by atoms with van der Waals surface area (Å²) in [4.78, 5) is 27.6. The zero-order chi connectivity index (χ0) is 23.1. The molecule has 1 heterocycles. The van der Waals surface area contributed by atoms with Crippen molar-refractivity contribution in [1.82, 2.24) is 20.7 Å². The van der Waals surface area contributed by atoms with Crippen molar-refractivity contribution in [3.05, 3.63) is 64.2 Å². The monoisotopic (exact) mass is 529 g/mol. The highest BCUT2D eigenvalue weighted by Crippen LogP contribution is 2.26. The van der Waals surface area contributed by atoms with Crippen molar-refractivity contribution in [2.75, 3.05) is 44.7 Å². The highest BCUT2D eigenvalue weighted by Gasteiger charge is 2.27. The van der Waals surface area contributed by atoms with Gasteiger partial charge in [-0.05, 0) is 42.3 Å². The first-order valence-corrected chi connectivity index (χ1v) is 11.3. The number of likely N-dealkylation sites (N-methyl/N-ethyl adjacent to an activating group) is 2. The SMILES string of the molecule is CCNCCNC(=O)CN(CC(=O)N(C)N1Cc2ccccc2C1)c1cc(Cl)ccc1C.Cl.Cl. The summed E-state index contributed by atoms with van der Waals surface area (Å²) < 4.78 is 0. The van der Waals surface area contributed by atoms with E-state index in [0.717, 1.165) is 17.8 Å². The number of fused-ring (bicyclic) bond motifs is 1. The number of carbonyl (C=O) groups is 2. The summed E-state index contributed by atoms with van der Waals surface area (Å²) in [5, 5.41) is 10.3. The van der Waals surface area contributed by atoms with Gasteiger partial charge < -0.3 is 15.5 Å². The summed E-state index contributed by atoms with van der Waals surface area (Å²) in [6.07, 6.45) is 0. The molecular weight excluding hydrogens is 497 g/mol. The molecule has 0 radical (unpaired) electrons. The quantitative estimate of drug-likeness (QED) is 0.461. The minimum absolute atomic E-state index is 0. The number of carbonyl (C=O) groups excluding carboxylic acids is 2. The van der Waals surface area contributed by atoms with Crippen LogP contribution in [0.4, 0.5) is 5.69 Å². The lowest BCUT2D eigenvalue weighted by atomic mass is 10.1. The van der Waals surface area contributed by atoms with Crippen LogP contribution in [0.2, 0.25) is 5.02 Å². The Morgan fingerprint density at radius 2 is 1.68 bits per heavy atom. The van der Waals surface area contributed by atoms with Gasteiger partial charge in [0.15, 0.2) is 0 Å². The average Bonchev–Trinajstić information content (AvgIpc) is 3.21. The minimum atomic E-state index is -0.133. The number of hydrogen-bond donors (Lipinski definition) is 2. The molecule has 10 heteroatoms. The van der Waals surface area contributed by atoms with Crippen LogP contribution in [0.3, 0.4) is 0 Å². The largest absolute Gasteiger partial charge is 0.353 e. The number of hydrogen-bond acceptors (Lipinski definition) is 5. The fourth-order valence-corrected chi connectivity index (χ4v) is 3.96. The molecule has 0 spiro atoms. The van der Waals surface area contributed by atoms with Gasteiger partial charge in [-0.1, -0.05) is 48.9 Å². The fourth-order valence-electron chi connectivity index (χ4n) is 3.80. The maximum absolute atomic E-state index is 13.2. The van der Waals surface area contributed by atoms with Crippen molar-refractivity contribution in [2.45, 2.75) is 26.9 Å². The Bertz CT molecular complexity index is 935. The number of rotatable bonds is 10. The highest BCUT2D eigenvalue weighted by molar-refractivity contribution is 6.30. The highest BCUT2D eigenvalue weighted by atomic mass is 35.5. The fraction of sp³-hybridized carbons (Fsp3) is 0.417. The first-order chi connectivity index (χ1) is 15.4. The van der Waals surface area contributed by atoms with E-state index in [1.165, 1.54) is 11.1 Å². The van der Waals surface area contributed by atoms with E-state index in [4.69, 9.17) is 11.6 Å². The summed E-state index contributed by atoms with van der Waals surface area (Å²) in [5.41, 5.74) is 4.20. The second-order valence-electron chi connectivity index (χ2n) is 8.00. The maximum atomic E-state index is 13.2. The molecule has 0 aromatic heterocycles. The van der Waals surface area contributed by atoms with Gasteiger partial charge in [0.25, 0.3) is 5.91 Å². The Labute approximate surface area is 219 Å². The van der Waals surface area contributed by atoms with Crippen molar-refractivity contribution >= 4 is 53.9 Å². The van der Waals surface area contributed by atoms with Crippen molar-refractivity contribution in [3.8, 4) is 0 Å². The van der Waals surface area contributed by atoms with Gasteiger partial charge in [0.05, 0.1) is 13.1 Å². The van der Waals surface area contributed by atoms with Crippen LogP contribution >= 0.6 is 36.4 Å². The number of anilines is 1. The predicted molar refractivity (Wildman–Crippen MR) is 143 cm³/mol. The molecule has 0 bridgehead atoms. The van der Waals surface area contributed by atoms with Crippen LogP contribution in [0.5, 0.6) is 0 Å². The van der Waals surface area contributed by atoms with Crippen LogP contribution in [0.1, 0.15) is 23.6 Å². The standard InChI is InChI=1S/C24H32ClN5O2.2ClH/c1-4-26-11-12-27-23(31)16-29(22-13-21(25)10-9-18(22)2)17-24(32)28(3)30-14-19-7-5-6-8-20(19)15-30;;/h5-10,13,26H,4,11-12,14-17H2,1-3H3,(H,27,31);2*1H. The number of benzene rings is 2. The van der Waals surface area contributed by atoms with E-state index >= 15 is 0 Å². The summed E-state index contributed by atoms with van der Waals surface area (Å²) in [5.74, 6) is -0.219. The van der Waals surface area contributed by atoms with E-state index in [-0.39, 0.29) is 49.7 Å². The van der Waals surface area contributed by atoms with Gasteiger partial charge in [-0.2, -0.15) is 0 Å². The van der Waals surface area contributed by atoms with E-state index in [1.54, 1.807) is 17.0 Å². The molecule has 7 nitrogen and oxygen atoms in total. The minimum Gasteiger partial charge on any atom is -0.353 e. The van der Waals surface area contributed by atoms with E-state index in [1.807, 2.05) is 49.2 Å². The Hall–Kier alpha value is -2.03. The van der Waals surface area contributed by atoms with Gasteiger partial charge in [0.1, 0.15) is 0 Å². The van der Waals surface area contributed by atoms with Crippen molar-refractivity contribution < 1.29 is 9.59 Å². The molecule has 188 valence electrons. The molecule has 0 saturated heterocycles. The van der Waals surface area contributed by atoms with E-state index in [9.17, 15) is 9.59 Å². The normalized spacial score (nSPS) is 12.2. The second-order valence-corrected chi connectivity index (χ2v) is 8.44. The topological polar surface area (TPSA) is 67.9 Å². The van der Waals surface area contributed by atoms with Crippen LogP contribution in [-0.2, 0) is 22.7 Å². The number of halogens is 3. The zero-order valence-corrected chi connectivity index (χ0v) is 22.2. The summed E-state index contributed by atoms with van der Waals surface area (Å²) in [6, 6.07) is 13.7. The van der Waals surface area contributed by atoms with E-state index < -0.39 is 0 Å². The van der Waals surface area contributed by atoms with Crippen molar-refractivity contribution in [3.63, 3.8) is 0 Å². The first-order valence-electron chi connectivity index (χ1n) is 11.0. The van der Waals surface area contributed by atoms with Crippen LogP contribution in [0.25, 0.3) is 0 Å². The van der Waals surface area contributed by atoms with E-state index in [0.29, 0.717) is 31.2 Å². The average molecular weight is 531 g/mol. The van der Waals surface area contributed by atoms with Crippen LogP contribution in [-0.4, -0.2) is 61.6 Å². The molecule has 2 N–H and O–H groups in total. The van der Waals surface area contributed by atoms with Gasteiger partial charge in [0.2, 0.25) is 5.91 Å². The Morgan fingerprint density at radius 3 is 2.29 bits per heavy atom. The molecule has 0 aliphatic carbocycles. The number of hydrazine groups is 1. The molecule has 0 atom stereocenters. The summed E-state index contributed by atoms with van der Waals surface area (Å²) in [7, 11) is 1.79. The molecule has 0 unspecified atom stereocenters. The first kappa shape index (κ1) is 30.0. The number of nitrogens with zero attached hydrogens (tertiary/aromatic N) is 3. The van der Waals surface area contributed by atoms with Crippen LogP contribution < -0.4 is 15.5 Å². The summed E-state index contributed by atoms with van der Waals surface area (Å²) >= 11 is 6.23. The number of nitrogens with one attached hydrogen (secondary N) is 2. The van der Waals surface area contributed by atoms with Gasteiger partial charge in [0, 0.05) is 43.9 Å². The number of aryl methyl sites for hydroxylation is 1. The molecule has 1 aliphatic rings. The van der Waals surface area contributed by atoms with Gasteiger partial charge in [-0.3, -0.25) is 14.6 Å². The van der Waals surface area contributed by atoms with Gasteiger partial charge in [-0.15, -0.1) is 24.8 Å². The molecule has 2 amide bonds. The number of amides is 2.